The molecular formula is C39H52O2. The molecule has 220 valence electrons. The van der Waals surface area contributed by atoms with Crippen LogP contribution in [0.4, 0.5) is 0 Å². The lowest BCUT2D eigenvalue weighted by molar-refractivity contribution is -0.220. The van der Waals surface area contributed by atoms with Gasteiger partial charge in [0.2, 0.25) is 0 Å². The maximum Gasteiger partial charge on any atom is 0.337 e. The highest BCUT2D eigenvalue weighted by Crippen LogP contribution is 2.77. The number of esters is 1. The Labute approximate surface area is 249 Å². The lowest BCUT2D eigenvalue weighted by Crippen LogP contribution is -2.65. The van der Waals surface area contributed by atoms with E-state index in [1.807, 2.05) is 12.1 Å². The largest absolute Gasteiger partial charge is 0.465 e. The van der Waals surface area contributed by atoms with Crippen molar-refractivity contribution in [1.29, 1.82) is 0 Å². The van der Waals surface area contributed by atoms with Crippen LogP contribution in [-0.2, 0) is 4.74 Å². The highest BCUT2D eigenvalue weighted by Gasteiger charge is 2.70. The van der Waals surface area contributed by atoms with Gasteiger partial charge < -0.3 is 4.74 Å². The number of rotatable bonds is 3. The predicted molar refractivity (Wildman–Crippen MR) is 169 cm³/mol. The molecule has 1 unspecified atom stereocenters. The molecule has 0 amide bonds. The number of hydrogen-bond acceptors (Lipinski definition) is 2. The summed E-state index contributed by atoms with van der Waals surface area (Å²) in [5, 5.41) is 0. The first kappa shape index (κ1) is 28.8. The zero-order valence-electron chi connectivity index (χ0n) is 26.7. The molecule has 2 heteroatoms. The maximum atomic E-state index is 12.0. The minimum Gasteiger partial charge on any atom is -0.465 e. The first-order valence-corrected chi connectivity index (χ1v) is 16.3. The molecule has 0 spiro atoms. The van der Waals surface area contributed by atoms with Crippen molar-refractivity contribution in [3.8, 4) is 12.3 Å². The van der Waals surface area contributed by atoms with Gasteiger partial charge >= 0.3 is 5.97 Å². The van der Waals surface area contributed by atoms with Gasteiger partial charge in [-0.05, 0) is 139 Å². The molecule has 2 nitrogen and oxygen atoms in total. The van der Waals surface area contributed by atoms with E-state index in [9.17, 15) is 4.79 Å². The maximum absolute atomic E-state index is 12.0. The van der Waals surface area contributed by atoms with Crippen molar-refractivity contribution in [1.82, 2.24) is 0 Å². The van der Waals surface area contributed by atoms with Crippen LogP contribution in [0.3, 0.4) is 0 Å². The molecule has 5 aliphatic carbocycles. The van der Waals surface area contributed by atoms with E-state index in [0.29, 0.717) is 40.1 Å². The third kappa shape index (κ3) is 3.72. The standard InChI is InChI=1S/C39H52O2/c1-10-39-22-17-28(25(2)3)33(39)30-15-16-32-36(6)20-18-29(26-11-13-27(14-12-26)34(40)41-9)35(4,5)31(36)19-21-38(32,8)37(30,7)23-24-39/h1,11-14,18,28,30-33H,2,15-17,19-24H2,3-9H3/t28-,30+,31-,32+,33+,36-,37+,38+,39?/m0/s1. The number of terminal acetylenes is 1. The zero-order chi connectivity index (χ0) is 29.6. The van der Waals surface area contributed by atoms with Crippen LogP contribution >= 0.6 is 0 Å². The Kier molecular flexibility index (Phi) is 6.58. The third-order valence-corrected chi connectivity index (χ3v) is 14.5. The average molecular weight is 553 g/mol. The van der Waals surface area contributed by atoms with Gasteiger partial charge in [0.25, 0.3) is 0 Å². The minimum atomic E-state index is -0.272. The predicted octanol–water partition coefficient (Wildman–Crippen LogP) is 9.76. The summed E-state index contributed by atoms with van der Waals surface area (Å²) in [6.45, 7) is 19.8. The first-order chi connectivity index (χ1) is 19.3. The highest BCUT2D eigenvalue weighted by atomic mass is 16.5. The molecule has 41 heavy (non-hydrogen) atoms. The number of fused-ring (bicyclic) bond motifs is 7. The summed E-state index contributed by atoms with van der Waals surface area (Å²) in [4.78, 5) is 12.0. The quantitative estimate of drug-likeness (QED) is 0.212. The summed E-state index contributed by atoms with van der Waals surface area (Å²) in [5.74, 6) is 6.40. The van der Waals surface area contributed by atoms with Gasteiger partial charge in [-0.1, -0.05) is 70.9 Å². The number of hydrogen-bond donors (Lipinski definition) is 0. The van der Waals surface area contributed by atoms with Crippen LogP contribution in [-0.4, -0.2) is 13.1 Å². The van der Waals surface area contributed by atoms with Gasteiger partial charge in [0, 0.05) is 5.41 Å². The molecule has 9 atom stereocenters. The van der Waals surface area contributed by atoms with Crippen molar-refractivity contribution < 1.29 is 9.53 Å². The molecule has 0 radical (unpaired) electrons. The van der Waals surface area contributed by atoms with E-state index in [4.69, 9.17) is 11.2 Å². The zero-order valence-corrected chi connectivity index (χ0v) is 26.7. The van der Waals surface area contributed by atoms with Crippen molar-refractivity contribution in [2.75, 3.05) is 7.11 Å². The van der Waals surface area contributed by atoms with Gasteiger partial charge in [0.05, 0.1) is 12.7 Å². The van der Waals surface area contributed by atoms with E-state index in [2.05, 4.69) is 72.3 Å². The van der Waals surface area contributed by atoms with Gasteiger partial charge in [-0.3, -0.25) is 0 Å². The van der Waals surface area contributed by atoms with Crippen molar-refractivity contribution in [3.63, 3.8) is 0 Å². The fourth-order valence-electron chi connectivity index (χ4n) is 12.4. The Bertz CT molecular complexity index is 1320. The molecule has 4 saturated carbocycles. The Morgan fingerprint density at radius 2 is 1.63 bits per heavy atom. The topological polar surface area (TPSA) is 26.3 Å². The second kappa shape index (κ2) is 9.36. The van der Waals surface area contributed by atoms with E-state index in [1.165, 1.54) is 75.2 Å². The van der Waals surface area contributed by atoms with E-state index in [1.54, 1.807) is 0 Å². The molecule has 0 N–H and O–H groups in total. The number of carbonyl (C=O) groups excluding carboxylic acids is 1. The van der Waals surface area contributed by atoms with E-state index in [-0.39, 0.29) is 22.2 Å². The lowest BCUT2D eigenvalue weighted by atomic mass is 9.32. The normalized spacial score (nSPS) is 44.2. The van der Waals surface area contributed by atoms with E-state index < -0.39 is 0 Å². The Hall–Kier alpha value is -2.27. The highest BCUT2D eigenvalue weighted by molar-refractivity contribution is 5.89. The number of allylic oxidation sites excluding steroid dienone is 3. The van der Waals surface area contributed by atoms with Crippen LogP contribution < -0.4 is 0 Å². The van der Waals surface area contributed by atoms with Gasteiger partial charge in [-0.2, -0.15) is 0 Å². The smallest absolute Gasteiger partial charge is 0.337 e. The Morgan fingerprint density at radius 3 is 2.27 bits per heavy atom. The second-order valence-corrected chi connectivity index (χ2v) is 16.1. The van der Waals surface area contributed by atoms with Gasteiger partial charge in [-0.25, -0.2) is 4.79 Å². The molecule has 1 aromatic rings. The molecular weight excluding hydrogens is 500 g/mol. The van der Waals surface area contributed by atoms with Crippen molar-refractivity contribution in [2.24, 2.45) is 56.7 Å². The van der Waals surface area contributed by atoms with Crippen LogP contribution in [0.2, 0.25) is 0 Å². The Morgan fingerprint density at radius 1 is 0.927 bits per heavy atom. The van der Waals surface area contributed by atoms with Crippen molar-refractivity contribution in [2.45, 2.75) is 99.3 Å². The van der Waals surface area contributed by atoms with Crippen molar-refractivity contribution >= 4 is 11.5 Å². The fourth-order valence-corrected chi connectivity index (χ4v) is 12.4. The molecule has 0 aromatic heterocycles. The van der Waals surface area contributed by atoms with Crippen molar-refractivity contribution in [3.05, 3.63) is 53.6 Å². The molecule has 4 fully saturated rings. The molecule has 6 rings (SSSR count). The van der Waals surface area contributed by atoms with Crippen LogP contribution in [0.25, 0.3) is 5.57 Å². The summed E-state index contributed by atoms with van der Waals surface area (Å²) in [5.41, 5.74) is 5.77. The average Bonchev–Trinajstić information content (AvgIpc) is 3.33. The molecule has 0 heterocycles. The van der Waals surface area contributed by atoms with Crippen LogP contribution in [0.1, 0.15) is 115 Å². The van der Waals surface area contributed by atoms with Crippen LogP contribution in [0.5, 0.6) is 0 Å². The number of ether oxygens (including phenoxy) is 1. The minimum absolute atomic E-state index is 0.0700. The molecule has 5 aliphatic rings. The third-order valence-electron chi connectivity index (χ3n) is 14.5. The number of methoxy groups -OCH3 is 1. The van der Waals surface area contributed by atoms with Gasteiger partial charge in [0.15, 0.2) is 0 Å². The van der Waals surface area contributed by atoms with E-state index >= 15 is 0 Å². The van der Waals surface area contributed by atoms with Crippen LogP contribution in [0.15, 0.2) is 42.5 Å². The number of carbonyl (C=O) groups is 1. The molecule has 0 saturated heterocycles. The summed E-state index contributed by atoms with van der Waals surface area (Å²) in [7, 11) is 1.44. The summed E-state index contributed by atoms with van der Waals surface area (Å²) in [6, 6.07) is 8.10. The van der Waals surface area contributed by atoms with E-state index in [0.717, 1.165) is 12.3 Å². The monoisotopic (exact) mass is 552 g/mol. The molecule has 0 aliphatic heterocycles. The fraction of sp³-hybridized carbons (Fsp3) is 0.667. The Balaban J connectivity index is 1.35. The van der Waals surface area contributed by atoms with Gasteiger partial charge in [0.1, 0.15) is 0 Å². The molecule has 1 aromatic carbocycles. The van der Waals surface area contributed by atoms with Crippen LogP contribution in [0, 0.1) is 69.0 Å². The van der Waals surface area contributed by atoms with Gasteiger partial charge in [-0.15, -0.1) is 6.42 Å². The summed E-state index contributed by atoms with van der Waals surface area (Å²) < 4.78 is 4.94. The number of benzene rings is 1. The first-order valence-electron chi connectivity index (χ1n) is 16.3. The second-order valence-electron chi connectivity index (χ2n) is 16.1. The lowest BCUT2D eigenvalue weighted by Gasteiger charge is -2.72. The SMILES string of the molecule is C#CC12CC[C@@H](C(=C)C)[C@@H]1[C@H]1CC[C@@H]3[C@@]4(C)CC=C(c5ccc(C(=O)OC)cc5)C(C)(C)[C@@H]4CC[C@@]3(C)[C@]1(C)CC2. The summed E-state index contributed by atoms with van der Waals surface area (Å²) >= 11 is 0. The molecule has 0 bridgehead atoms. The summed E-state index contributed by atoms with van der Waals surface area (Å²) in [6.07, 6.45) is 20.3.